The number of rotatable bonds is 11. The van der Waals surface area contributed by atoms with E-state index in [4.69, 9.17) is 32.9 Å². The number of ether oxygens (including phenoxy) is 1. The zero-order chi connectivity index (χ0) is 27.5. The molecule has 3 rings (SSSR count). The normalized spacial score (nSPS) is 12.5. The number of imidazole rings is 1. The van der Waals surface area contributed by atoms with Crippen molar-refractivity contribution in [2.24, 2.45) is 0 Å². The summed E-state index contributed by atoms with van der Waals surface area (Å²) in [4.78, 5) is 4.79. The highest BCUT2D eigenvalue weighted by atomic mass is 35.5. The summed E-state index contributed by atoms with van der Waals surface area (Å²) < 4.78 is 62.0. The summed E-state index contributed by atoms with van der Waals surface area (Å²) in [5.41, 5.74) is 2.40. The van der Waals surface area contributed by atoms with E-state index in [2.05, 4.69) is 24.4 Å². The monoisotopic (exact) mass is 589 g/mol. The Balaban J connectivity index is 2.15. The molecule has 1 N–H and O–H groups in total. The lowest BCUT2D eigenvalue weighted by Crippen LogP contribution is -2.23. The number of nitrogens with one attached hydrogen (secondary N) is 1. The Morgan fingerprint density at radius 3 is 2.05 bits per heavy atom. The smallest absolute Gasteiger partial charge is 0.209 e. The Morgan fingerprint density at radius 2 is 1.59 bits per heavy atom. The molecule has 0 atom stereocenters. The van der Waals surface area contributed by atoms with Gasteiger partial charge in [-0.1, -0.05) is 55.0 Å². The van der Waals surface area contributed by atoms with Gasteiger partial charge in [0.15, 0.2) is 0 Å². The predicted octanol–water partition coefficient (Wildman–Crippen LogP) is 6.32. The largest absolute Gasteiger partial charge is 0.361 e. The quantitative estimate of drug-likeness (QED) is 0.210. The number of hydrogen-bond acceptors (Lipinski definition) is 4. The second-order valence-electron chi connectivity index (χ2n) is 10.2. The van der Waals surface area contributed by atoms with Gasteiger partial charge in [-0.25, -0.2) is 26.9 Å². The topological polar surface area (TPSA) is 73.2 Å². The molecule has 1 aromatic heterocycles. The molecular formula is C25H31Cl2F2N3O3SSi. The number of nitrogens with zero attached hydrogens (tertiary/aromatic N) is 2. The van der Waals surface area contributed by atoms with E-state index in [1.807, 2.05) is 11.5 Å². The molecule has 0 unspecified atom stereocenters. The van der Waals surface area contributed by atoms with Crippen molar-refractivity contribution in [3.05, 3.63) is 86.4 Å². The van der Waals surface area contributed by atoms with Crippen LogP contribution in [0.25, 0.3) is 0 Å². The molecule has 0 aliphatic heterocycles. The molecule has 202 valence electrons. The van der Waals surface area contributed by atoms with Crippen LogP contribution in [-0.4, -0.2) is 38.9 Å². The first-order valence-electron chi connectivity index (χ1n) is 11.6. The van der Waals surface area contributed by atoms with Gasteiger partial charge in [0.05, 0.1) is 34.5 Å². The highest BCUT2D eigenvalue weighted by molar-refractivity contribution is 7.88. The molecule has 0 spiro atoms. The maximum absolute atomic E-state index is 14.0. The van der Waals surface area contributed by atoms with Gasteiger partial charge >= 0.3 is 0 Å². The van der Waals surface area contributed by atoms with Crippen LogP contribution in [0.1, 0.15) is 34.3 Å². The minimum absolute atomic E-state index is 0.0271. The average molecular weight is 591 g/mol. The second-order valence-corrected chi connectivity index (χ2v) is 18.4. The van der Waals surface area contributed by atoms with E-state index in [-0.39, 0.29) is 23.3 Å². The lowest BCUT2D eigenvalue weighted by molar-refractivity contribution is 0.0836. The van der Waals surface area contributed by atoms with Gasteiger partial charge in [-0.3, -0.25) is 0 Å². The van der Waals surface area contributed by atoms with Crippen LogP contribution in [0.2, 0.25) is 35.7 Å². The Bertz CT molecular complexity index is 1330. The molecule has 6 nitrogen and oxygen atoms in total. The Labute approximate surface area is 228 Å². The van der Waals surface area contributed by atoms with E-state index in [1.165, 1.54) is 24.3 Å². The first kappa shape index (κ1) is 29.7. The maximum Gasteiger partial charge on any atom is 0.209 e. The van der Waals surface area contributed by atoms with Gasteiger partial charge in [0.1, 0.15) is 24.2 Å². The fraction of sp³-hybridized carbons (Fsp3) is 0.400. The Morgan fingerprint density at radius 1 is 1.05 bits per heavy atom. The molecule has 0 aliphatic carbocycles. The molecule has 0 amide bonds. The Hall–Kier alpha value is -1.82. The highest BCUT2D eigenvalue weighted by Crippen LogP contribution is 2.36. The van der Waals surface area contributed by atoms with Gasteiger partial charge in [-0.05, 0) is 48.4 Å². The summed E-state index contributed by atoms with van der Waals surface area (Å²) in [5, 5.41) is -0.147. The van der Waals surface area contributed by atoms with E-state index in [0.29, 0.717) is 34.9 Å². The van der Waals surface area contributed by atoms with E-state index < -0.39 is 35.6 Å². The molecule has 3 aromatic rings. The van der Waals surface area contributed by atoms with Crippen molar-refractivity contribution in [2.45, 2.75) is 51.8 Å². The Kier molecular flexibility index (Phi) is 9.58. The molecule has 0 saturated heterocycles. The lowest BCUT2D eigenvalue weighted by Gasteiger charge is -2.22. The fourth-order valence-corrected chi connectivity index (χ4v) is 5.30. The van der Waals surface area contributed by atoms with Crippen LogP contribution in [0.15, 0.2) is 36.4 Å². The standard InChI is InChI=1S/C25H31Cl2F2N3O3SSi/c1-16-23(14-30-36(2,33)34)31-25(32(16)15-35-10-11-37(3,4)5)24(17-6-8-21(28)19(26)12-17)18-7-9-22(29)20(27)13-18/h6-9,12-13,24,30H,10-11,14-15H2,1-5H3. The molecule has 0 aliphatic rings. The number of sulfonamides is 1. The summed E-state index contributed by atoms with van der Waals surface area (Å²) in [5.74, 6) is -1.27. The minimum Gasteiger partial charge on any atom is -0.361 e. The van der Waals surface area contributed by atoms with E-state index in [1.54, 1.807) is 12.1 Å². The van der Waals surface area contributed by atoms with Crippen molar-refractivity contribution in [2.75, 3.05) is 12.9 Å². The number of aromatic nitrogens is 2. The lowest BCUT2D eigenvalue weighted by atomic mass is 9.90. The molecule has 37 heavy (non-hydrogen) atoms. The van der Waals surface area contributed by atoms with Gasteiger partial charge in [-0.2, -0.15) is 0 Å². The molecule has 0 saturated carbocycles. The van der Waals surface area contributed by atoms with Crippen molar-refractivity contribution in [3.63, 3.8) is 0 Å². The van der Waals surface area contributed by atoms with Crippen LogP contribution >= 0.6 is 23.2 Å². The number of benzene rings is 2. The highest BCUT2D eigenvalue weighted by Gasteiger charge is 2.27. The van der Waals surface area contributed by atoms with Gasteiger partial charge in [0.2, 0.25) is 10.0 Å². The average Bonchev–Trinajstić information content (AvgIpc) is 3.09. The van der Waals surface area contributed by atoms with Crippen LogP contribution in [0.3, 0.4) is 0 Å². The third kappa shape index (κ3) is 8.08. The fourth-order valence-electron chi connectivity index (χ4n) is 3.77. The van der Waals surface area contributed by atoms with Crippen LogP contribution in [-0.2, 0) is 28.0 Å². The zero-order valence-electron chi connectivity index (χ0n) is 21.4. The number of hydrogen-bond donors (Lipinski definition) is 1. The molecule has 1 heterocycles. The van der Waals surface area contributed by atoms with Crippen LogP contribution in [0.5, 0.6) is 0 Å². The minimum atomic E-state index is -3.47. The van der Waals surface area contributed by atoms with E-state index in [9.17, 15) is 17.2 Å². The molecule has 0 fully saturated rings. The maximum atomic E-state index is 14.0. The van der Waals surface area contributed by atoms with Gasteiger partial charge < -0.3 is 9.30 Å². The van der Waals surface area contributed by atoms with Crippen molar-refractivity contribution in [3.8, 4) is 0 Å². The summed E-state index contributed by atoms with van der Waals surface area (Å²) in [6, 6.07) is 9.62. The molecular weight excluding hydrogens is 559 g/mol. The SMILES string of the molecule is Cc1c(CNS(C)(=O)=O)nc(C(c2ccc(F)c(Cl)c2)c2ccc(F)c(Cl)c2)n1COCC[Si](C)(C)C. The first-order valence-corrected chi connectivity index (χ1v) is 18.0. The first-order chi connectivity index (χ1) is 17.2. The van der Waals surface area contributed by atoms with Crippen molar-refractivity contribution >= 4 is 41.3 Å². The second kappa shape index (κ2) is 11.9. The third-order valence-corrected chi connectivity index (χ3v) is 8.83. The van der Waals surface area contributed by atoms with Crippen molar-refractivity contribution in [1.29, 1.82) is 0 Å². The summed E-state index contributed by atoms with van der Waals surface area (Å²) in [6.45, 7) is 9.28. The molecule has 2 aromatic carbocycles. The van der Waals surface area contributed by atoms with Crippen LogP contribution in [0.4, 0.5) is 8.78 Å². The van der Waals surface area contributed by atoms with Crippen LogP contribution in [0, 0.1) is 18.6 Å². The van der Waals surface area contributed by atoms with Gasteiger partial charge in [0.25, 0.3) is 0 Å². The van der Waals surface area contributed by atoms with Gasteiger partial charge in [0, 0.05) is 20.4 Å². The van der Waals surface area contributed by atoms with Gasteiger partial charge in [-0.15, -0.1) is 0 Å². The van der Waals surface area contributed by atoms with Crippen molar-refractivity contribution < 1.29 is 21.9 Å². The zero-order valence-corrected chi connectivity index (χ0v) is 24.7. The molecule has 0 bridgehead atoms. The summed E-state index contributed by atoms with van der Waals surface area (Å²) in [6.07, 6.45) is 1.07. The molecule has 12 heteroatoms. The third-order valence-electron chi connectivity index (χ3n) is 5.88. The predicted molar refractivity (Wildman–Crippen MR) is 147 cm³/mol. The number of halogens is 4. The van der Waals surface area contributed by atoms with Crippen molar-refractivity contribution in [1.82, 2.24) is 14.3 Å². The molecule has 0 radical (unpaired) electrons. The van der Waals surface area contributed by atoms with E-state index >= 15 is 0 Å². The summed E-state index contributed by atoms with van der Waals surface area (Å²) >= 11 is 12.2. The van der Waals surface area contributed by atoms with Crippen LogP contribution < -0.4 is 4.72 Å². The summed E-state index contributed by atoms with van der Waals surface area (Å²) in [7, 11) is -4.80. The van der Waals surface area contributed by atoms with E-state index in [0.717, 1.165) is 12.3 Å².